The Morgan fingerprint density at radius 1 is 1.38 bits per heavy atom. The minimum absolute atomic E-state index is 0.594. The summed E-state index contributed by atoms with van der Waals surface area (Å²) < 4.78 is 0. The van der Waals surface area contributed by atoms with Gasteiger partial charge in [0.1, 0.15) is 18.2 Å². The van der Waals surface area contributed by atoms with E-state index < -0.39 is 5.54 Å². The number of aromatic nitrogens is 2. The number of nitrogens with zero attached hydrogens (tertiary/aromatic N) is 3. The summed E-state index contributed by atoms with van der Waals surface area (Å²) in [7, 11) is 0. The summed E-state index contributed by atoms with van der Waals surface area (Å²) in [6.07, 6.45) is 7.77. The highest BCUT2D eigenvalue weighted by molar-refractivity contribution is 5.66. The minimum atomic E-state index is -0.594. The Balaban J connectivity index is 2.27. The lowest BCUT2D eigenvalue weighted by molar-refractivity contribution is -0.119. The molecule has 0 amide bonds. The van der Waals surface area contributed by atoms with Gasteiger partial charge in [-0.1, -0.05) is 6.42 Å². The standard InChI is InChI=1S/C12H17N3O/c1-12(9-16,11-5-6-13-10-14-11)15-7-3-2-4-8-15/h5-6,9-10H,2-4,7-8H2,1H3. The van der Waals surface area contributed by atoms with Crippen molar-refractivity contribution >= 4 is 6.29 Å². The van der Waals surface area contributed by atoms with E-state index in [-0.39, 0.29) is 0 Å². The molecule has 1 unspecified atom stereocenters. The summed E-state index contributed by atoms with van der Waals surface area (Å²) in [6.45, 7) is 3.88. The average Bonchev–Trinajstić information content (AvgIpc) is 2.40. The van der Waals surface area contributed by atoms with Gasteiger partial charge < -0.3 is 4.79 Å². The highest BCUT2D eigenvalue weighted by Crippen LogP contribution is 2.27. The van der Waals surface area contributed by atoms with Crippen LogP contribution in [0.1, 0.15) is 31.9 Å². The third kappa shape index (κ3) is 1.97. The van der Waals surface area contributed by atoms with Crippen LogP contribution >= 0.6 is 0 Å². The Morgan fingerprint density at radius 2 is 2.12 bits per heavy atom. The monoisotopic (exact) mass is 219 g/mol. The predicted molar refractivity (Wildman–Crippen MR) is 60.9 cm³/mol. The molecular weight excluding hydrogens is 202 g/mol. The van der Waals surface area contributed by atoms with E-state index in [0.717, 1.165) is 37.9 Å². The molecule has 1 saturated heterocycles. The number of carbonyl (C=O) groups excluding carboxylic acids is 1. The SMILES string of the molecule is CC(C=O)(c1ccncn1)N1CCCCC1. The van der Waals surface area contributed by atoms with Crippen LogP contribution in [0.25, 0.3) is 0 Å². The lowest BCUT2D eigenvalue weighted by Gasteiger charge is -2.39. The maximum Gasteiger partial charge on any atom is 0.146 e. The Morgan fingerprint density at radius 3 is 2.69 bits per heavy atom. The first-order valence-corrected chi connectivity index (χ1v) is 5.75. The first-order chi connectivity index (χ1) is 7.77. The van der Waals surface area contributed by atoms with Crippen LogP contribution in [0.3, 0.4) is 0 Å². The summed E-state index contributed by atoms with van der Waals surface area (Å²) in [5, 5.41) is 0. The van der Waals surface area contributed by atoms with Crippen molar-refractivity contribution in [2.24, 2.45) is 0 Å². The molecule has 0 aromatic carbocycles. The second-order valence-electron chi connectivity index (χ2n) is 4.41. The van der Waals surface area contributed by atoms with Gasteiger partial charge in [0, 0.05) is 6.20 Å². The van der Waals surface area contributed by atoms with Crippen molar-refractivity contribution in [2.45, 2.75) is 31.7 Å². The van der Waals surface area contributed by atoms with Crippen molar-refractivity contribution in [1.29, 1.82) is 0 Å². The molecular formula is C12H17N3O. The zero-order valence-electron chi connectivity index (χ0n) is 9.59. The smallest absolute Gasteiger partial charge is 0.146 e. The second kappa shape index (κ2) is 4.70. The number of likely N-dealkylation sites (tertiary alicyclic amines) is 1. The molecule has 16 heavy (non-hydrogen) atoms. The van der Waals surface area contributed by atoms with Crippen LogP contribution in [0.4, 0.5) is 0 Å². The summed E-state index contributed by atoms with van der Waals surface area (Å²) in [6, 6.07) is 1.82. The number of rotatable bonds is 3. The number of hydrogen-bond acceptors (Lipinski definition) is 4. The summed E-state index contributed by atoms with van der Waals surface area (Å²) in [4.78, 5) is 21.7. The predicted octanol–water partition coefficient (Wildman–Crippen LogP) is 1.38. The van der Waals surface area contributed by atoms with Gasteiger partial charge in [-0.15, -0.1) is 0 Å². The van der Waals surface area contributed by atoms with Gasteiger partial charge in [0.05, 0.1) is 5.69 Å². The Kier molecular flexibility index (Phi) is 3.29. The molecule has 0 spiro atoms. The van der Waals surface area contributed by atoms with E-state index >= 15 is 0 Å². The van der Waals surface area contributed by atoms with Crippen LogP contribution in [-0.4, -0.2) is 34.2 Å². The fourth-order valence-corrected chi connectivity index (χ4v) is 2.25. The van der Waals surface area contributed by atoms with Crippen molar-refractivity contribution in [3.8, 4) is 0 Å². The summed E-state index contributed by atoms with van der Waals surface area (Å²) >= 11 is 0. The molecule has 2 heterocycles. The lowest BCUT2D eigenvalue weighted by Crippen LogP contribution is -2.48. The molecule has 1 aliphatic rings. The van der Waals surface area contributed by atoms with Crippen molar-refractivity contribution in [3.05, 3.63) is 24.3 Å². The van der Waals surface area contributed by atoms with E-state index in [2.05, 4.69) is 14.9 Å². The fraction of sp³-hybridized carbons (Fsp3) is 0.583. The molecule has 1 aromatic rings. The molecule has 4 heteroatoms. The molecule has 0 radical (unpaired) electrons. The molecule has 1 aliphatic heterocycles. The van der Waals surface area contributed by atoms with E-state index in [0.29, 0.717) is 0 Å². The van der Waals surface area contributed by atoms with Gasteiger partial charge in [-0.2, -0.15) is 0 Å². The molecule has 1 atom stereocenters. The third-order valence-electron chi connectivity index (χ3n) is 3.34. The second-order valence-corrected chi connectivity index (χ2v) is 4.41. The van der Waals surface area contributed by atoms with Crippen LogP contribution in [0.5, 0.6) is 0 Å². The number of hydrogen-bond donors (Lipinski definition) is 0. The zero-order valence-corrected chi connectivity index (χ0v) is 9.59. The first kappa shape index (κ1) is 11.2. The molecule has 0 aliphatic carbocycles. The Hall–Kier alpha value is -1.29. The van der Waals surface area contributed by atoms with Gasteiger partial charge in [0.25, 0.3) is 0 Å². The minimum Gasteiger partial charge on any atom is -0.301 e. The third-order valence-corrected chi connectivity index (χ3v) is 3.34. The van der Waals surface area contributed by atoms with Crippen molar-refractivity contribution < 1.29 is 4.79 Å². The normalized spacial score (nSPS) is 21.3. The molecule has 86 valence electrons. The van der Waals surface area contributed by atoms with Crippen molar-refractivity contribution in [1.82, 2.24) is 14.9 Å². The Labute approximate surface area is 95.7 Å². The van der Waals surface area contributed by atoms with Crippen LogP contribution in [0, 0.1) is 0 Å². The maximum atomic E-state index is 11.4. The molecule has 4 nitrogen and oxygen atoms in total. The van der Waals surface area contributed by atoms with Gasteiger partial charge in [0.2, 0.25) is 0 Å². The largest absolute Gasteiger partial charge is 0.301 e. The Bertz CT molecular complexity index is 349. The van der Waals surface area contributed by atoms with Crippen molar-refractivity contribution in [2.75, 3.05) is 13.1 Å². The molecule has 2 rings (SSSR count). The number of piperidine rings is 1. The number of aldehydes is 1. The number of carbonyl (C=O) groups is 1. The van der Waals surface area contributed by atoms with E-state index in [1.807, 2.05) is 13.0 Å². The summed E-state index contributed by atoms with van der Waals surface area (Å²) in [5.41, 5.74) is 0.197. The van der Waals surface area contributed by atoms with E-state index in [1.54, 1.807) is 6.20 Å². The highest BCUT2D eigenvalue weighted by Gasteiger charge is 2.35. The molecule has 0 N–H and O–H groups in total. The molecule has 1 aromatic heterocycles. The van der Waals surface area contributed by atoms with Gasteiger partial charge in [0.15, 0.2) is 0 Å². The van der Waals surface area contributed by atoms with E-state index in [9.17, 15) is 4.79 Å². The quantitative estimate of drug-likeness (QED) is 0.720. The highest BCUT2D eigenvalue weighted by atomic mass is 16.1. The van der Waals surface area contributed by atoms with Gasteiger partial charge >= 0.3 is 0 Å². The van der Waals surface area contributed by atoms with Crippen LogP contribution in [0.15, 0.2) is 18.6 Å². The lowest BCUT2D eigenvalue weighted by atomic mass is 9.94. The average molecular weight is 219 g/mol. The van der Waals surface area contributed by atoms with Gasteiger partial charge in [-0.25, -0.2) is 9.97 Å². The maximum absolute atomic E-state index is 11.4. The van der Waals surface area contributed by atoms with Crippen molar-refractivity contribution in [3.63, 3.8) is 0 Å². The van der Waals surface area contributed by atoms with E-state index in [1.165, 1.54) is 12.7 Å². The molecule has 0 bridgehead atoms. The molecule has 0 saturated carbocycles. The van der Waals surface area contributed by atoms with Crippen LogP contribution in [0.2, 0.25) is 0 Å². The van der Waals surface area contributed by atoms with Gasteiger partial charge in [-0.05, 0) is 38.9 Å². The summed E-state index contributed by atoms with van der Waals surface area (Å²) in [5.74, 6) is 0. The van der Waals surface area contributed by atoms with E-state index in [4.69, 9.17) is 0 Å². The fourth-order valence-electron chi connectivity index (χ4n) is 2.25. The topological polar surface area (TPSA) is 46.1 Å². The van der Waals surface area contributed by atoms with Crippen LogP contribution in [-0.2, 0) is 10.3 Å². The van der Waals surface area contributed by atoms with Gasteiger partial charge in [-0.3, -0.25) is 4.90 Å². The van der Waals surface area contributed by atoms with Crippen LogP contribution < -0.4 is 0 Å². The first-order valence-electron chi connectivity index (χ1n) is 5.75. The zero-order chi connectivity index (χ0) is 11.4. The molecule has 1 fully saturated rings.